The Labute approximate surface area is 192 Å². The summed E-state index contributed by atoms with van der Waals surface area (Å²) in [5.74, 6) is 1.09. The maximum atomic E-state index is 12.4. The Morgan fingerprint density at radius 1 is 1.09 bits per heavy atom. The van der Waals surface area contributed by atoms with Crippen LogP contribution in [-0.4, -0.2) is 46.0 Å². The van der Waals surface area contributed by atoms with Gasteiger partial charge in [-0.2, -0.15) is 5.10 Å². The molecule has 3 heterocycles. The first-order valence-corrected chi connectivity index (χ1v) is 10.9. The first kappa shape index (κ1) is 22.3. The molecular weight excluding hydrogens is 422 g/mol. The lowest BCUT2D eigenvalue weighted by atomic mass is 10.1. The van der Waals surface area contributed by atoms with Gasteiger partial charge in [-0.3, -0.25) is 10.1 Å². The van der Waals surface area contributed by atoms with Crippen LogP contribution in [0.3, 0.4) is 0 Å². The second-order valence-electron chi connectivity index (χ2n) is 7.88. The van der Waals surface area contributed by atoms with Crippen molar-refractivity contribution in [2.75, 3.05) is 23.3 Å². The largest absolute Gasteiger partial charge is 0.462 e. The molecule has 0 saturated carbocycles. The predicted octanol–water partition coefficient (Wildman–Crippen LogP) is 4.11. The zero-order chi connectivity index (χ0) is 23.2. The minimum absolute atomic E-state index is 0.0277. The van der Waals surface area contributed by atoms with E-state index < -0.39 is 6.09 Å². The first-order valence-electron chi connectivity index (χ1n) is 10.9. The summed E-state index contributed by atoms with van der Waals surface area (Å²) < 4.78 is 12.4. The molecule has 0 radical (unpaired) electrons. The van der Waals surface area contributed by atoms with Crippen LogP contribution in [-0.2, 0) is 14.3 Å². The smallest absolute Gasteiger partial charge is 0.413 e. The van der Waals surface area contributed by atoms with Crippen molar-refractivity contribution in [2.45, 2.75) is 38.9 Å². The highest BCUT2D eigenvalue weighted by molar-refractivity contribution is 5.84. The van der Waals surface area contributed by atoms with Crippen molar-refractivity contribution in [3.05, 3.63) is 66.5 Å². The van der Waals surface area contributed by atoms with E-state index in [2.05, 4.69) is 20.3 Å². The number of nitrogens with zero attached hydrogens (tertiary/aromatic N) is 4. The lowest BCUT2D eigenvalue weighted by Gasteiger charge is -2.32. The Kier molecular flexibility index (Phi) is 6.87. The van der Waals surface area contributed by atoms with Crippen LogP contribution in [0, 0.1) is 0 Å². The van der Waals surface area contributed by atoms with Gasteiger partial charge in [0.25, 0.3) is 0 Å². The number of hydrogen-bond acceptors (Lipinski definition) is 7. The van der Waals surface area contributed by atoms with Crippen LogP contribution < -0.4 is 10.2 Å². The maximum absolute atomic E-state index is 12.4. The van der Waals surface area contributed by atoms with Crippen molar-refractivity contribution in [3.63, 3.8) is 0 Å². The van der Waals surface area contributed by atoms with Gasteiger partial charge in [0.1, 0.15) is 23.8 Å². The van der Waals surface area contributed by atoms with E-state index in [1.165, 1.54) is 6.92 Å². The SMILES string of the molecule is CC(=O)OC1CCN(c2ccc(-n3nccc3NC(=O)OC(C)c3ccccc3)cn2)CC1. The molecule has 0 aliphatic carbocycles. The average molecular weight is 450 g/mol. The van der Waals surface area contributed by atoms with Crippen LogP contribution >= 0.6 is 0 Å². The summed E-state index contributed by atoms with van der Waals surface area (Å²) in [6, 6.07) is 15.1. The molecule has 1 atom stereocenters. The minimum atomic E-state index is -0.562. The van der Waals surface area contributed by atoms with Crippen LogP contribution in [0.15, 0.2) is 60.9 Å². The molecule has 9 nitrogen and oxygen atoms in total. The van der Waals surface area contributed by atoms with Crippen LogP contribution in [0.5, 0.6) is 0 Å². The Morgan fingerprint density at radius 3 is 2.52 bits per heavy atom. The molecule has 172 valence electrons. The molecule has 1 amide bonds. The first-order chi connectivity index (χ1) is 16.0. The number of ether oxygens (including phenoxy) is 2. The van der Waals surface area contributed by atoms with E-state index in [1.54, 1.807) is 23.1 Å². The predicted molar refractivity (Wildman–Crippen MR) is 123 cm³/mol. The van der Waals surface area contributed by atoms with Gasteiger partial charge in [-0.1, -0.05) is 30.3 Å². The summed E-state index contributed by atoms with van der Waals surface area (Å²) in [6.45, 7) is 4.80. The van der Waals surface area contributed by atoms with E-state index in [0.29, 0.717) is 11.5 Å². The van der Waals surface area contributed by atoms with Gasteiger partial charge in [0, 0.05) is 38.9 Å². The zero-order valence-electron chi connectivity index (χ0n) is 18.7. The number of benzene rings is 1. The number of anilines is 2. The molecule has 0 spiro atoms. The Hall–Kier alpha value is -3.88. The molecule has 1 aromatic carbocycles. The lowest BCUT2D eigenvalue weighted by Crippen LogP contribution is -2.38. The Bertz CT molecular complexity index is 1080. The van der Waals surface area contributed by atoms with E-state index in [0.717, 1.165) is 37.3 Å². The van der Waals surface area contributed by atoms with E-state index in [-0.39, 0.29) is 18.2 Å². The van der Waals surface area contributed by atoms with Crippen LogP contribution in [0.25, 0.3) is 5.69 Å². The van der Waals surface area contributed by atoms with Crippen molar-refractivity contribution in [2.24, 2.45) is 0 Å². The van der Waals surface area contributed by atoms with Crippen LogP contribution in [0.4, 0.5) is 16.4 Å². The standard InChI is InChI=1S/C24H27N5O4/c1-17(19-6-4-3-5-7-19)32-24(31)27-23-10-13-26-29(23)20-8-9-22(25-16-20)28-14-11-21(12-15-28)33-18(2)30/h3-10,13,16-17,21H,11-12,14-15H2,1-2H3,(H,27,31). The minimum Gasteiger partial charge on any atom is -0.462 e. The number of hydrogen-bond donors (Lipinski definition) is 1. The van der Waals surface area contributed by atoms with E-state index in [4.69, 9.17) is 9.47 Å². The van der Waals surface area contributed by atoms with Gasteiger partial charge in [0.2, 0.25) is 0 Å². The molecule has 3 aromatic rings. The molecule has 1 aliphatic rings. The highest BCUT2D eigenvalue weighted by Gasteiger charge is 2.22. The average Bonchev–Trinajstić information content (AvgIpc) is 3.28. The van der Waals surface area contributed by atoms with Gasteiger partial charge in [0.15, 0.2) is 0 Å². The highest BCUT2D eigenvalue weighted by atomic mass is 16.6. The summed E-state index contributed by atoms with van der Waals surface area (Å²) in [4.78, 5) is 30.3. The molecule has 1 N–H and O–H groups in total. The second-order valence-corrected chi connectivity index (χ2v) is 7.88. The molecule has 4 rings (SSSR count). The monoisotopic (exact) mass is 449 g/mol. The summed E-state index contributed by atoms with van der Waals surface area (Å²) in [6.07, 6.45) is 3.90. The van der Waals surface area contributed by atoms with Gasteiger partial charge in [-0.25, -0.2) is 14.5 Å². The molecule has 9 heteroatoms. The maximum Gasteiger partial charge on any atom is 0.413 e. The molecule has 1 unspecified atom stereocenters. The Balaban J connectivity index is 1.36. The number of carbonyl (C=O) groups excluding carboxylic acids is 2. The van der Waals surface area contributed by atoms with Gasteiger partial charge in [0.05, 0.1) is 18.1 Å². The molecule has 1 aliphatic heterocycles. The Morgan fingerprint density at radius 2 is 1.85 bits per heavy atom. The quantitative estimate of drug-likeness (QED) is 0.566. The fraction of sp³-hybridized carbons (Fsp3) is 0.333. The third-order valence-corrected chi connectivity index (χ3v) is 5.50. The number of nitrogens with one attached hydrogen (secondary N) is 1. The van der Waals surface area contributed by atoms with Gasteiger partial charge in [-0.05, 0) is 24.6 Å². The fourth-order valence-corrected chi connectivity index (χ4v) is 3.82. The van der Waals surface area contributed by atoms with Crippen molar-refractivity contribution in [1.82, 2.24) is 14.8 Å². The van der Waals surface area contributed by atoms with E-state index in [1.807, 2.05) is 49.4 Å². The molecular formula is C24H27N5O4. The van der Waals surface area contributed by atoms with Crippen LogP contribution in [0.2, 0.25) is 0 Å². The number of amides is 1. The molecule has 2 aromatic heterocycles. The second kappa shape index (κ2) is 10.2. The van der Waals surface area contributed by atoms with Crippen molar-refractivity contribution < 1.29 is 19.1 Å². The number of pyridine rings is 1. The summed E-state index contributed by atoms with van der Waals surface area (Å²) in [7, 11) is 0. The van der Waals surface area contributed by atoms with Crippen molar-refractivity contribution >= 4 is 23.7 Å². The molecule has 0 bridgehead atoms. The zero-order valence-corrected chi connectivity index (χ0v) is 18.7. The number of rotatable bonds is 6. The van der Waals surface area contributed by atoms with Crippen molar-refractivity contribution in [1.29, 1.82) is 0 Å². The topological polar surface area (TPSA) is 98.6 Å². The lowest BCUT2D eigenvalue weighted by molar-refractivity contribution is -0.147. The van der Waals surface area contributed by atoms with Gasteiger partial charge in [-0.15, -0.1) is 0 Å². The third kappa shape index (κ3) is 5.68. The number of carbonyl (C=O) groups is 2. The van der Waals surface area contributed by atoms with Crippen LogP contribution in [0.1, 0.15) is 38.4 Å². The van der Waals surface area contributed by atoms with Crippen molar-refractivity contribution in [3.8, 4) is 5.69 Å². The third-order valence-electron chi connectivity index (χ3n) is 5.50. The number of aromatic nitrogens is 3. The van der Waals surface area contributed by atoms with Gasteiger partial charge >= 0.3 is 12.1 Å². The fourth-order valence-electron chi connectivity index (χ4n) is 3.82. The van der Waals surface area contributed by atoms with E-state index in [9.17, 15) is 9.59 Å². The molecule has 33 heavy (non-hydrogen) atoms. The highest BCUT2D eigenvalue weighted by Crippen LogP contribution is 2.22. The summed E-state index contributed by atoms with van der Waals surface area (Å²) in [5.41, 5.74) is 1.63. The number of piperidine rings is 1. The normalized spacial score (nSPS) is 15.0. The summed E-state index contributed by atoms with van der Waals surface area (Å²) in [5, 5.41) is 7.05. The van der Waals surface area contributed by atoms with Gasteiger partial charge < -0.3 is 14.4 Å². The summed E-state index contributed by atoms with van der Waals surface area (Å²) >= 11 is 0. The molecule has 1 fully saturated rings. The van der Waals surface area contributed by atoms with E-state index >= 15 is 0 Å². The number of esters is 1. The molecule has 1 saturated heterocycles.